The van der Waals surface area contributed by atoms with E-state index in [9.17, 15) is 9.59 Å². The molecule has 0 bridgehead atoms. The minimum Gasteiger partial charge on any atom is -0.325 e. The maximum Gasteiger partial charge on any atom is 0.254 e. The summed E-state index contributed by atoms with van der Waals surface area (Å²) in [5.74, 6) is 0.445. The fourth-order valence-electron chi connectivity index (χ4n) is 2.54. The van der Waals surface area contributed by atoms with Crippen molar-refractivity contribution in [3.8, 4) is 0 Å². The molecule has 1 aliphatic heterocycles. The summed E-state index contributed by atoms with van der Waals surface area (Å²) >= 11 is 13.4. The van der Waals surface area contributed by atoms with Crippen LogP contribution in [0, 0.1) is 0 Å². The number of aromatic nitrogens is 2. The van der Waals surface area contributed by atoms with Gasteiger partial charge < -0.3 is 5.32 Å². The zero-order chi connectivity index (χ0) is 17.3. The fraction of sp³-hybridized carbons (Fsp3) is 0.312. The van der Waals surface area contributed by atoms with Gasteiger partial charge in [-0.3, -0.25) is 14.2 Å². The van der Waals surface area contributed by atoms with E-state index in [0.29, 0.717) is 33.1 Å². The highest BCUT2D eigenvalue weighted by atomic mass is 35.5. The topological polar surface area (TPSA) is 64.0 Å². The molecule has 1 aromatic carbocycles. The first-order chi connectivity index (χ1) is 11.5. The zero-order valence-corrected chi connectivity index (χ0v) is 15.2. The first kappa shape index (κ1) is 17.3. The molecule has 0 fully saturated rings. The minimum absolute atomic E-state index is 0.107. The molecule has 24 heavy (non-hydrogen) atoms. The smallest absolute Gasteiger partial charge is 0.254 e. The number of rotatable bonds is 4. The molecule has 126 valence electrons. The molecule has 1 amide bonds. The molecule has 2 heterocycles. The van der Waals surface area contributed by atoms with Gasteiger partial charge in [-0.05, 0) is 24.6 Å². The number of thioether (sulfide) groups is 1. The number of carbonyl (C=O) groups is 1. The Bertz CT molecular complexity index is 854. The summed E-state index contributed by atoms with van der Waals surface area (Å²) < 4.78 is 1.60. The minimum atomic E-state index is -0.206. The van der Waals surface area contributed by atoms with Gasteiger partial charge in [0, 0.05) is 29.0 Å². The van der Waals surface area contributed by atoms with Gasteiger partial charge in [0.2, 0.25) is 5.91 Å². The Balaban J connectivity index is 1.74. The summed E-state index contributed by atoms with van der Waals surface area (Å²) in [6, 6.07) is 6.21. The van der Waals surface area contributed by atoms with Crippen LogP contribution in [0.5, 0.6) is 0 Å². The summed E-state index contributed by atoms with van der Waals surface area (Å²) in [6.07, 6.45) is 0.899. The van der Waals surface area contributed by atoms with Crippen molar-refractivity contribution in [2.75, 3.05) is 11.1 Å². The number of nitrogens with zero attached hydrogens (tertiary/aromatic N) is 2. The van der Waals surface area contributed by atoms with E-state index in [1.165, 1.54) is 17.8 Å². The van der Waals surface area contributed by atoms with Crippen LogP contribution in [0.4, 0.5) is 5.69 Å². The molecule has 0 radical (unpaired) electrons. The van der Waals surface area contributed by atoms with Crippen LogP contribution >= 0.6 is 35.0 Å². The third-order valence-electron chi connectivity index (χ3n) is 3.73. The second-order valence-corrected chi connectivity index (χ2v) is 7.26. The van der Waals surface area contributed by atoms with Crippen molar-refractivity contribution in [3.63, 3.8) is 0 Å². The lowest BCUT2D eigenvalue weighted by atomic mass is 10.2. The number of nitrogens with one attached hydrogen (secondary N) is 1. The van der Waals surface area contributed by atoms with Crippen LogP contribution < -0.4 is 10.9 Å². The van der Waals surface area contributed by atoms with Gasteiger partial charge in [0.15, 0.2) is 5.16 Å². The second kappa shape index (κ2) is 7.17. The van der Waals surface area contributed by atoms with Gasteiger partial charge in [-0.25, -0.2) is 4.98 Å². The number of amides is 1. The lowest BCUT2D eigenvalue weighted by molar-refractivity contribution is -0.116. The Hall–Kier alpha value is -1.50. The van der Waals surface area contributed by atoms with Gasteiger partial charge >= 0.3 is 0 Å². The van der Waals surface area contributed by atoms with Crippen molar-refractivity contribution in [2.45, 2.75) is 31.0 Å². The largest absolute Gasteiger partial charge is 0.325 e. The molecular weight excluding hydrogens is 369 g/mol. The average molecular weight is 384 g/mol. The zero-order valence-electron chi connectivity index (χ0n) is 12.9. The van der Waals surface area contributed by atoms with Gasteiger partial charge in [-0.15, -0.1) is 0 Å². The Morgan fingerprint density at radius 2 is 2.21 bits per heavy atom. The first-order valence-corrected chi connectivity index (χ1v) is 9.22. The summed E-state index contributed by atoms with van der Waals surface area (Å²) in [6.45, 7) is 1.96. The Morgan fingerprint density at radius 1 is 1.42 bits per heavy atom. The molecule has 1 unspecified atom stereocenters. The standard InChI is InChI=1S/C16H15Cl2N3O2S/c1-2-10-6-15(23)21-11(8-24-16(21)19-10)7-14(22)20-13-4-3-9(17)5-12(13)18/h3-6,11H,2,7-8H2,1H3,(H,20,22). The third-order valence-corrected chi connectivity index (χ3v) is 5.38. The number of fused-ring (bicyclic) bond motifs is 1. The van der Waals surface area contributed by atoms with E-state index in [0.717, 1.165) is 5.69 Å². The van der Waals surface area contributed by atoms with Crippen LogP contribution in [-0.2, 0) is 11.2 Å². The maximum atomic E-state index is 12.3. The number of hydrogen-bond acceptors (Lipinski definition) is 4. The van der Waals surface area contributed by atoms with Gasteiger partial charge in [-0.1, -0.05) is 41.9 Å². The van der Waals surface area contributed by atoms with Crippen molar-refractivity contribution in [1.29, 1.82) is 0 Å². The summed E-state index contributed by atoms with van der Waals surface area (Å²) in [7, 11) is 0. The molecule has 0 spiro atoms. The van der Waals surface area contributed by atoms with Gasteiger partial charge in [0.25, 0.3) is 5.56 Å². The van der Waals surface area contributed by atoms with Gasteiger partial charge in [0.05, 0.1) is 16.8 Å². The number of anilines is 1. The SMILES string of the molecule is CCc1cc(=O)n2c(n1)SCC2CC(=O)Nc1ccc(Cl)cc1Cl. The summed E-state index contributed by atoms with van der Waals surface area (Å²) in [5.41, 5.74) is 1.17. The Labute approximate surface area is 153 Å². The molecular formula is C16H15Cl2N3O2S. The quantitative estimate of drug-likeness (QED) is 0.815. The summed E-state index contributed by atoms with van der Waals surface area (Å²) in [4.78, 5) is 29.0. The highest BCUT2D eigenvalue weighted by Crippen LogP contribution is 2.32. The first-order valence-electron chi connectivity index (χ1n) is 7.48. The molecule has 1 aliphatic rings. The molecule has 1 N–H and O–H groups in total. The van der Waals surface area contributed by atoms with E-state index < -0.39 is 0 Å². The maximum absolute atomic E-state index is 12.3. The monoisotopic (exact) mass is 383 g/mol. The molecule has 2 aromatic rings. The van der Waals surface area contributed by atoms with Crippen LogP contribution in [0.2, 0.25) is 10.0 Å². The van der Waals surface area contributed by atoms with E-state index >= 15 is 0 Å². The van der Waals surface area contributed by atoms with Crippen LogP contribution in [0.25, 0.3) is 0 Å². The molecule has 1 aromatic heterocycles. The summed E-state index contributed by atoms with van der Waals surface area (Å²) in [5, 5.41) is 4.33. The Morgan fingerprint density at radius 3 is 2.92 bits per heavy atom. The lowest BCUT2D eigenvalue weighted by Gasteiger charge is -2.14. The van der Waals surface area contributed by atoms with Crippen LogP contribution in [0.3, 0.4) is 0 Å². The predicted octanol–water partition coefficient (Wildman–Crippen LogP) is 3.79. The highest BCUT2D eigenvalue weighted by Gasteiger charge is 2.27. The van der Waals surface area contributed by atoms with Crippen molar-refractivity contribution >= 4 is 46.6 Å². The molecule has 3 rings (SSSR count). The normalized spacial score (nSPS) is 16.0. The number of halogens is 2. The molecule has 5 nitrogen and oxygen atoms in total. The van der Waals surface area contributed by atoms with Crippen molar-refractivity contribution < 1.29 is 4.79 Å². The van der Waals surface area contributed by atoms with E-state index in [2.05, 4.69) is 10.3 Å². The van der Waals surface area contributed by atoms with E-state index in [1.54, 1.807) is 22.8 Å². The van der Waals surface area contributed by atoms with Gasteiger partial charge in [0.1, 0.15) is 0 Å². The number of aryl methyl sites for hydroxylation is 1. The Kier molecular flexibility index (Phi) is 5.18. The molecule has 0 saturated carbocycles. The lowest BCUT2D eigenvalue weighted by Crippen LogP contribution is -2.27. The second-order valence-electron chi connectivity index (χ2n) is 5.43. The molecule has 0 saturated heterocycles. The van der Waals surface area contributed by atoms with E-state index in [4.69, 9.17) is 23.2 Å². The molecule has 0 aliphatic carbocycles. The average Bonchev–Trinajstić information content (AvgIpc) is 2.93. The van der Waals surface area contributed by atoms with Crippen molar-refractivity contribution in [1.82, 2.24) is 9.55 Å². The number of carbonyl (C=O) groups excluding carboxylic acids is 1. The van der Waals surface area contributed by atoms with Gasteiger partial charge in [-0.2, -0.15) is 0 Å². The molecule has 8 heteroatoms. The fourth-order valence-corrected chi connectivity index (χ4v) is 4.16. The van der Waals surface area contributed by atoms with Crippen molar-refractivity contribution in [2.24, 2.45) is 0 Å². The van der Waals surface area contributed by atoms with Crippen LogP contribution in [0.15, 0.2) is 34.2 Å². The van der Waals surface area contributed by atoms with Crippen molar-refractivity contribution in [3.05, 3.63) is 50.4 Å². The molecule has 1 atom stereocenters. The van der Waals surface area contributed by atoms with E-state index in [1.807, 2.05) is 6.92 Å². The predicted molar refractivity (Wildman–Crippen MR) is 97.3 cm³/mol. The van der Waals surface area contributed by atoms with Crippen LogP contribution in [-0.4, -0.2) is 21.2 Å². The third kappa shape index (κ3) is 3.61. The number of hydrogen-bond donors (Lipinski definition) is 1. The highest BCUT2D eigenvalue weighted by molar-refractivity contribution is 7.99. The van der Waals surface area contributed by atoms with E-state index in [-0.39, 0.29) is 23.9 Å². The van der Waals surface area contributed by atoms with Crippen LogP contribution in [0.1, 0.15) is 25.1 Å². The number of benzene rings is 1.